The summed E-state index contributed by atoms with van der Waals surface area (Å²) in [4.78, 5) is 14.1. The summed E-state index contributed by atoms with van der Waals surface area (Å²) in [5.41, 5.74) is 1.85. The molecular weight excluding hydrogens is 314 g/mol. The van der Waals surface area contributed by atoms with Crippen molar-refractivity contribution in [1.29, 1.82) is 0 Å². The van der Waals surface area contributed by atoms with E-state index in [0.717, 1.165) is 19.5 Å². The number of nitrogens with one attached hydrogen (secondary N) is 2. The van der Waals surface area contributed by atoms with Crippen molar-refractivity contribution in [2.45, 2.75) is 33.6 Å². The first-order valence-corrected chi connectivity index (χ1v) is 9.63. The summed E-state index contributed by atoms with van der Waals surface area (Å²) in [6, 6.07) is 5.09. The molecule has 0 bridgehead atoms. The van der Waals surface area contributed by atoms with E-state index in [4.69, 9.17) is 0 Å². The number of hydrogen-bond donors (Lipinski definition) is 2. The van der Waals surface area contributed by atoms with E-state index in [-0.39, 0.29) is 11.8 Å². The molecule has 2 N–H and O–H groups in total. The fraction of sp³-hybridized carbons (Fsp3) is 0.562. The van der Waals surface area contributed by atoms with Crippen molar-refractivity contribution in [1.82, 2.24) is 4.90 Å². The first kappa shape index (κ1) is 17.6. The Balaban J connectivity index is 2.12. The standard InChI is InChI=1S/C16H25N3O3S/c1-4-10-23(21,22)18-15-7-5-6-14(13(15)3)17-16(20)19-9-8-12(2)11-19/h5-7,12,18H,4,8-11H2,1-3H3,(H,17,20). The molecule has 0 aromatic heterocycles. The Kier molecular flexibility index (Phi) is 5.51. The van der Waals surface area contributed by atoms with Gasteiger partial charge in [0.2, 0.25) is 10.0 Å². The highest BCUT2D eigenvalue weighted by Crippen LogP contribution is 2.25. The number of carbonyl (C=O) groups excluding carboxylic acids is 1. The van der Waals surface area contributed by atoms with Crippen molar-refractivity contribution < 1.29 is 13.2 Å². The lowest BCUT2D eigenvalue weighted by molar-refractivity contribution is 0.221. The molecule has 0 radical (unpaired) electrons. The van der Waals surface area contributed by atoms with Crippen LogP contribution in [0.5, 0.6) is 0 Å². The summed E-state index contributed by atoms with van der Waals surface area (Å²) < 4.78 is 26.4. The maximum Gasteiger partial charge on any atom is 0.321 e. The van der Waals surface area contributed by atoms with E-state index in [0.29, 0.717) is 29.3 Å². The summed E-state index contributed by atoms with van der Waals surface area (Å²) in [6.07, 6.45) is 1.57. The Bertz CT molecular complexity index is 673. The molecule has 1 heterocycles. The largest absolute Gasteiger partial charge is 0.324 e. The Morgan fingerprint density at radius 3 is 2.65 bits per heavy atom. The number of benzene rings is 1. The minimum atomic E-state index is -3.35. The Morgan fingerprint density at radius 1 is 1.35 bits per heavy atom. The quantitative estimate of drug-likeness (QED) is 0.865. The number of likely N-dealkylation sites (tertiary alicyclic amines) is 1. The van der Waals surface area contributed by atoms with Crippen LogP contribution < -0.4 is 10.0 Å². The molecule has 1 aromatic rings. The van der Waals surface area contributed by atoms with Gasteiger partial charge in [-0.1, -0.05) is 19.9 Å². The summed E-state index contributed by atoms with van der Waals surface area (Å²) in [6.45, 7) is 7.26. The molecule has 0 aliphatic carbocycles. The molecule has 1 atom stereocenters. The van der Waals surface area contributed by atoms with Gasteiger partial charge in [-0.05, 0) is 43.4 Å². The third kappa shape index (κ3) is 4.60. The molecule has 1 unspecified atom stereocenters. The van der Waals surface area contributed by atoms with Crippen molar-refractivity contribution >= 4 is 27.4 Å². The highest BCUT2D eigenvalue weighted by atomic mass is 32.2. The lowest BCUT2D eigenvalue weighted by Crippen LogP contribution is -2.33. The molecular formula is C16H25N3O3S. The van der Waals surface area contributed by atoms with Gasteiger partial charge in [0.15, 0.2) is 0 Å². The second-order valence-corrected chi connectivity index (χ2v) is 8.01. The van der Waals surface area contributed by atoms with Gasteiger partial charge in [-0.3, -0.25) is 4.72 Å². The van der Waals surface area contributed by atoms with Crippen LogP contribution in [0.3, 0.4) is 0 Å². The molecule has 1 fully saturated rings. The van der Waals surface area contributed by atoms with Crippen molar-refractivity contribution in [3.05, 3.63) is 23.8 Å². The number of carbonyl (C=O) groups is 1. The number of amides is 2. The monoisotopic (exact) mass is 339 g/mol. The fourth-order valence-electron chi connectivity index (χ4n) is 2.68. The van der Waals surface area contributed by atoms with E-state index in [1.54, 1.807) is 30.0 Å². The summed E-state index contributed by atoms with van der Waals surface area (Å²) >= 11 is 0. The summed E-state index contributed by atoms with van der Waals surface area (Å²) in [5.74, 6) is 0.600. The normalized spacial score (nSPS) is 18.0. The molecule has 1 aliphatic rings. The number of hydrogen-bond acceptors (Lipinski definition) is 3. The molecule has 0 saturated carbocycles. The van der Waals surface area contributed by atoms with Gasteiger partial charge < -0.3 is 10.2 Å². The van der Waals surface area contributed by atoms with Crippen LogP contribution in [-0.4, -0.2) is 38.2 Å². The predicted octanol–water partition coefficient (Wildman–Crippen LogP) is 3.02. The molecule has 2 rings (SSSR count). The van der Waals surface area contributed by atoms with E-state index in [2.05, 4.69) is 17.0 Å². The third-order valence-electron chi connectivity index (χ3n) is 4.02. The van der Waals surface area contributed by atoms with E-state index >= 15 is 0 Å². The van der Waals surface area contributed by atoms with E-state index in [1.807, 2.05) is 6.92 Å². The molecule has 1 aromatic carbocycles. The van der Waals surface area contributed by atoms with Crippen LogP contribution in [0.4, 0.5) is 16.2 Å². The second-order valence-electron chi connectivity index (χ2n) is 6.17. The highest BCUT2D eigenvalue weighted by Gasteiger charge is 2.23. The van der Waals surface area contributed by atoms with E-state index < -0.39 is 10.0 Å². The first-order chi connectivity index (χ1) is 10.8. The fourth-order valence-corrected chi connectivity index (χ4v) is 3.88. The molecule has 0 spiro atoms. The van der Waals surface area contributed by atoms with Gasteiger partial charge >= 0.3 is 6.03 Å². The van der Waals surface area contributed by atoms with Crippen LogP contribution in [0.15, 0.2) is 18.2 Å². The highest BCUT2D eigenvalue weighted by molar-refractivity contribution is 7.92. The maximum atomic E-state index is 12.3. The van der Waals surface area contributed by atoms with Crippen molar-refractivity contribution in [2.24, 2.45) is 5.92 Å². The zero-order chi connectivity index (χ0) is 17.0. The molecule has 128 valence electrons. The molecule has 6 nitrogen and oxygen atoms in total. The van der Waals surface area contributed by atoms with Crippen LogP contribution in [0, 0.1) is 12.8 Å². The number of sulfonamides is 1. The number of nitrogens with zero attached hydrogens (tertiary/aromatic N) is 1. The minimum absolute atomic E-state index is 0.0781. The minimum Gasteiger partial charge on any atom is -0.324 e. The number of anilines is 2. The maximum absolute atomic E-state index is 12.3. The molecule has 2 amide bonds. The van der Waals surface area contributed by atoms with Crippen LogP contribution >= 0.6 is 0 Å². The Morgan fingerprint density at radius 2 is 2.04 bits per heavy atom. The van der Waals surface area contributed by atoms with Crippen molar-refractivity contribution in [3.8, 4) is 0 Å². The number of rotatable bonds is 5. The molecule has 1 aliphatic heterocycles. The average molecular weight is 339 g/mol. The topological polar surface area (TPSA) is 78.5 Å². The first-order valence-electron chi connectivity index (χ1n) is 7.98. The van der Waals surface area contributed by atoms with Gasteiger partial charge in [0.25, 0.3) is 0 Å². The third-order valence-corrected chi connectivity index (χ3v) is 5.50. The number of urea groups is 1. The molecule has 1 saturated heterocycles. The lowest BCUT2D eigenvalue weighted by Gasteiger charge is -2.19. The lowest BCUT2D eigenvalue weighted by atomic mass is 10.1. The SMILES string of the molecule is CCCS(=O)(=O)Nc1cccc(NC(=O)N2CCC(C)C2)c1C. The zero-order valence-electron chi connectivity index (χ0n) is 13.9. The van der Waals surface area contributed by atoms with Crippen LogP contribution in [-0.2, 0) is 10.0 Å². The van der Waals surface area contributed by atoms with Crippen molar-refractivity contribution in [3.63, 3.8) is 0 Å². The summed E-state index contributed by atoms with van der Waals surface area (Å²) in [7, 11) is -3.35. The van der Waals surface area contributed by atoms with Crippen molar-refractivity contribution in [2.75, 3.05) is 28.9 Å². The second kappa shape index (κ2) is 7.21. The van der Waals surface area contributed by atoms with Gasteiger partial charge in [0, 0.05) is 18.8 Å². The van der Waals surface area contributed by atoms with Gasteiger partial charge in [-0.15, -0.1) is 0 Å². The molecule has 23 heavy (non-hydrogen) atoms. The van der Waals surface area contributed by atoms with Crippen LogP contribution in [0.25, 0.3) is 0 Å². The summed E-state index contributed by atoms with van der Waals surface area (Å²) in [5, 5.41) is 2.88. The van der Waals surface area contributed by atoms with Gasteiger partial charge in [0.1, 0.15) is 0 Å². The van der Waals surface area contributed by atoms with E-state index in [9.17, 15) is 13.2 Å². The zero-order valence-corrected chi connectivity index (χ0v) is 14.7. The van der Waals surface area contributed by atoms with Gasteiger partial charge in [-0.25, -0.2) is 13.2 Å². The van der Waals surface area contributed by atoms with Gasteiger partial charge in [0.05, 0.1) is 11.4 Å². The van der Waals surface area contributed by atoms with Gasteiger partial charge in [-0.2, -0.15) is 0 Å². The predicted molar refractivity (Wildman–Crippen MR) is 93.3 cm³/mol. The Labute approximate surface area is 138 Å². The smallest absolute Gasteiger partial charge is 0.321 e. The Hall–Kier alpha value is -1.76. The molecule has 7 heteroatoms. The average Bonchev–Trinajstić information content (AvgIpc) is 2.89. The van der Waals surface area contributed by atoms with Crippen LogP contribution in [0.1, 0.15) is 32.3 Å². The van der Waals surface area contributed by atoms with Crippen LogP contribution in [0.2, 0.25) is 0 Å². The van der Waals surface area contributed by atoms with E-state index in [1.165, 1.54) is 0 Å².